The summed E-state index contributed by atoms with van der Waals surface area (Å²) in [5.41, 5.74) is 1.82. The first-order valence-corrected chi connectivity index (χ1v) is 11.2. The van der Waals surface area contributed by atoms with Crippen molar-refractivity contribution in [3.8, 4) is 0 Å². The third-order valence-electron chi connectivity index (χ3n) is 7.80. The van der Waals surface area contributed by atoms with Gasteiger partial charge < -0.3 is 19.9 Å². The van der Waals surface area contributed by atoms with Crippen molar-refractivity contribution in [2.45, 2.75) is 62.9 Å². The third kappa shape index (κ3) is 3.03. The second-order valence-corrected chi connectivity index (χ2v) is 9.10. The van der Waals surface area contributed by atoms with E-state index in [4.69, 9.17) is 4.74 Å². The average Bonchev–Trinajstić information content (AvgIpc) is 3.29. The van der Waals surface area contributed by atoms with Crippen LogP contribution in [-0.2, 0) is 14.9 Å². The van der Waals surface area contributed by atoms with Gasteiger partial charge in [0.15, 0.2) is 0 Å². The number of nitrogens with zero attached hydrogens (tertiary/aromatic N) is 2. The average molecular weight is 398 g/mol. The first kappa shape index (κ1) is 18.9. The number of para-hydroxylation sites is 1. The quantitative estimate of drug-likeness (QED) is 0.831. The van der Waals surface area contributed by atoms with Crippen molar-refractivity contribution in [3.63, 3.8) is 0 Å². The van der Waals surface area contributed by atoms with Gasteiger partial charge in [0.05, 0.1) is 12.0 Å². The Kier molecular flexibility index (Phi) is 4.77. The zero-order chi connectivity index (χ0) is 20.0. The molecule has 156 valence electrons. The molecular formula is C23H31N3O3. The molecule has 5 rings (SSSR count). The number of fused-ring (bicyclic) bond motifs is 3. The topological polar surface area (TPSA) is 61.9 Å². The minimum atomic E-state index is -0.352. The molecule has 0 aromatic heterocycles. The number of carbonyl (C=O) groups excluding carboxylic acids is 2. The molecular weight excluding hydrogens is 366 g/mol. The van der Waals surface area contributed by atoms with Crippen LogP contribution in [0, 0.1) is 5.92 Å². The molecule has 29 heavy (non-hydrogen) atoms. The van der Waals surface area contributed by atoms with Gasteiger partial charge in [-0.3, -0.25) is 4.79 Å². The van der Waals surface area contributed by atoms with Gasteiger partial charge >= 0.3 is 6.09 Å². The van der Waals surface area contributed by atoms with Crippen LogP contribution >= 0.6 is 0 Å². The summed E-state index contributed by atoms with van der Waals surface area (Å²) in [6.07, 6.45) is 6.11. The summed E-state index contributed by atoms with van der Waals surface area (Å²) in [5.74, 6) is 0.761. The maximum atomic E-state index is 12.8. The van der Waals surface area contributed by atoms with Crippen molar-refractivity contribution < 1.29 is 14.3 Å². The van der Waals surface area contributed by atoms with Crippen molar-refractivity contribution in [3.05, 3.63) is 29.8 Å². The zero-order valence-corrected chi connectivity index (χ0v) is 17.2. The molecule has 1 aromatic carbocycles. The number of rotatable bonds is 2. The van der Waals surface area contributed by atoms with E-state index in [0.29, 0.717) is 24.6 Å². The molecule has 3 heterocycles. The number of amides is 2. The van der Waals surface area contributed by atoms with E-state index >= 15 is 0 Å². The molecule has 3 fully saturated rings. The first-order chi connectivity index (χ1) is 14.1. The Hall–Kier alpha value is -2.08. The maximum absolute atomic E-state index is 12.8. The Bertz CT molecular complexity index is 802. The molecule has 2 amide bonds. The number of anilines is 1. The van der Waals surface area contributed by atoms with Gasteiger partial charge in [-0.2, -0.15) is 0 Å². The fourth-order valence-electron chi connectivity index (χ4n) is 6.33. The normalized spacial score (nSPS) is 30.7. The molecule has 0 bridgehead atoms. The van der Waals surface area contributed by atoms with Crippen LogP contribution in [0.4, 0.5) is 10.5 Å². The van der Waals surface area contributed by atoms with Crippen molar-refractivity contribution in [1.82, 2.24) is 9.80 Å². The highest BCUT2D eigenvalue weighted by atomic mass is 16.6. The summed E-state index contributed by atoms with van der Waals surface area (Å²) in [7, 11) is 0. The van der Waals surface area contributed by atoms with Gasteiger partial charge in [0.2, 0.25) is 5.91 Å². The number of hydrogen-bond donors (Lipinski definition) is 1. The SMILES string of the molecule is CCOC(=O)N1CCCC2CC(N3CCC4(CC3)C(=O)Nc3ccccc34)CC21. The molecule has 1 N–H and O–H groups in total. The highest BCUT2D eigenvalue weighted by Gasteiger charge is 2.50. The van der Waals surface area contributed by atoms with Gasteiger partial charge in [-0.15, -0.1) is 0 Å². The number of carbonyl (C=O) groups is 2. The van der Waals surface area contributed by atoms with E-state index in [1.54, 1.807) is 0 Å². The largest absolute Gasteiger partial charge is 0.450 e. The lowest BCUT2D eigenvalue weighted by Crippen LogP contribution is -2.49. The molecule has 1 saturated carbocycles. The second kappa shape index (κ2) is 7.31. The lowest BCUT2D eigenvalue weighted by molar-refractivity contribution is -0.122. The van der Waals surface area contributed by atoms with E-state index in [0.717, 1.165) is 57.4 Å². The zero-order valence-electron chi connectivity index (χ0n) is 17.2. The van der Waals surface area contributed by atoms with Crippen molar-refractivity contribution >= 4 is 17.7 Å². The summed E-state index contributed by atoms with van der Waals surface area (Å²) in [6.45, 7) is 5.04. The van der Waals surface area contributed by atoms with Gasteiger partial charge in [-0.1, -0.05) is 18.2 Å². The Morgan fingerprint density at radius 2 is 2.00 bits per heavy atom. The minimum absolute atomic E-state index is 0.139. The van der Waals surface area contributed by atoms with Crippen molar-refractivity contribution in [2.75, 3.05) is 31.6 Å². The van der Waals surface area contributed by atoms with Gasteiger partial charge in [0.25, 0.3) is 0 Å². The van der Waals surface area contributed by atoms with Gasteiger partial charge in [0.1, 0.15) is 0 Å². The minimum Gasteiger partial charge on any atom is -0.450 e. The predicted molar refractivity (Wildman–Crippen MR) is 111 cm³/mol. The van der Waals surface area contributed by atoms with Crippen LogP contribution in [0.1, 0.15) is 51.0 Å². The van der Waals surface area contributed by atoms with Crippen LogP contribution in [0.25, 0.3) is 0 Å². The van der Waals surface area contributed by atoms with E-state index in [9.17, 15) is 9.59 Å². The van der Waals surface area contributed by atoms with E-state index in [2.05, 4.69) is 16.3 Å². The molecule has 4 aliphatic rings. The smallest absolute Gasteiger partial charge is 0.410 e. The van der Waals surface area contributed by atoms with E-state index in [-0.39, 0.29) is 17.4 Å². The molecule has 1 aromatic rings. The molecule has 1 spiro atoms. The van der Waals surface area contributed by atoms with Gasteiger partial charge in [0, 0.05) is 24.3 Å². The summed E-state index contributed by atoms with van der Waals surface area (Å²) in [5, 5.41) is 3.10. The molecule has 2 saturated heterocycles. The summed E-state index contributed by atoms with van der Waals surface area (Å²) in [4.78, 5) is 29.8. The molecule has 6 heteroatoms. The monoisotopic (exact) mass is 397 g/mol. The molecule has 3 unspecified atom stereocenters. The van der Waals surface area contributed by atoms with Crippen molar-refractivity contribution in [1.29, 1.82) is 0 Å². The van der Waals surface area contributed by atoms with Crippen LogP contribution in [0.2, 0.25) is 0 Å². The number of likely N-dealkylation sites (tertiary alicyclic amines) is 2. The number of ether oxygens (including phenoxy) is 1. The predicted octanol–water partition coefficient (Wildman–Crippen LogP) is 3.37. The molecule has 6 nitrogen and oxygen atoms in total. The van der Waals surface area contributed by atoms with Gasteiger partial charge in [-0.25, -0.2) is 4.79 Å². The van der Waals surface area contributed by atoms with Crippen molar-refractivity contribution in [2.24, 2.45) is 5.92 Å². The number of nitrogens with one attached hydrogen (secondary N) is 1. The maximum Gasteiger partial charge on any atom is 0.410 e. The standard InChI is InChI=1S/C23H31N3O3/c1-2-29-22(28)26-11-5-6-16-14-17(15-20(16)26)25-12-9-23(10-13-25)18-7-3-4-8-19(18)24-21(23)27/h3-4,7-8,16-17,20H,2,5-6,9-15H2,1H3,(H,24,27). The van der Waals surface area contributed by atoms with E-state index in [1.165, 1.54) is 12.0 Å². The first-order valence-electron chi connectivity index (χ1n) is 11.2. The Labute approximate surface area is 172 Å². The van der Waals surface area contributed by atoms with Crippen LogP contribution in [0.15, 0.2) is 24.3 Å². The van der Waals surface area contributed by atoms with Gasteiger partial charge in [-0.05, 0) is 76.1 Å². The highest BCUT2D eigenvalue weighted by Crippen LogP contribution is 2.47. The van der Waals surface area contributed by atoms with Crippen LogP contribution in [-0.4, -0.2) is 60.1 Å². The fourth-order valence-corrected chi connectivity index (χ4v) is 6.33. The Morgan fingerprint density at radius 3 is 2.79 bits per heavy atom. The molecule has 0 radical (unpaired) electrons. The lowest BCUT2D eigenvalue weighted by atomic mass is 9.73. The van der Waals surface area contributed by atoms with Crippen LogP contribution in [0.3, 0.4) is 0 Å². The Morgan fingerprint density at radius 1 is 1.21 bits per heavy atom. The number of benzene rings is 1. The molecule has 1 aliphatic carbocycles. The summed E-state index contributed by atoms with van der Waals surface area (Å²) in [6, 6.07) is 8.99. The van der Waals surface area contributed by atoms with E-state index < -0.39 is 0 Å². The van der Waals surface area contributed by atoms with Crippen LogP contribution < -0.4 is 5.32 Å². The summed E-state index contributed by atoms with van der Waals surface area (Å²) < 4.78 is 5.31. The fraction of sp³-hybridized carbons (Fsp3) is 0.652. The lowest BCUT2D eigenvalue weighted by Gasteiger charge is -2.41. The Balaban J connectivity index is 1.27. The van der Waals surface area contributed by atoms with E-state index in [1.807, 2.05) is 30.0 Å². The highest BCUT2D eigenvalue weighted by molar-refractivity contribution is 6.06. The molecule has 3 aliphatic heterocycles. The number of piperidine rings is 2. The third-order valence-corrected chi connectivity index (χ3v) is 7.80. The van der Waals surface area contributed by atoms with Crippen LogP contribution in [0.5, 0.6) is 0 Å². The molecule has 3 atom stereocenters. The number of hydrogen-bond acceptors (Lipinski definition) is 4. The summed E-state index contributed by atoms with van der Waals surface area (Å²) >= 11 is 0. The second-order valence-electron chi connectivity index (χ2n) is 9.10.